The Morgan fingerprint density at radius 2 is 1.81 bits per heavy atom. The summed E-state index contributed by atoms with van der Waals surface area (Å²) in [7, 11) is 0. The summed E-state index contributed by atoms with van der Waals surface area (Å²) in [6, 6.07) is 10.3. The summed E-state index contributed by atoms with van der Waals surface area (Å²) in [5.74, 6) is 1.80. The van der Waals surface area contributed by atoms with E-state index in [1.54, 1.807) is 36.5 Å². The maximum Gasteiger partial charge on any atom is 0.258 e. The summed E-state index contributed by atoms with van der Waals surface area (Å²) >= 11 is 12.3. The standard InChI is InChI=1S/C22H22Cl2N6O/c1-13(2)17-12-19(29-22(27-17)30-9-4-10-30)28-18-11-14(7-8-25-18)26-21(31)20-15(23)5-3-6-16(20)24/h3,5-8,11-13H,4,9-10H2,1-2H3,(H2,25,26,27,28,29,31). The molecule has 1 aliphatic heterocycles. The van der Waals surface area contributed by atoms with Gasteiger partial charge in [-0.1, -0.05) is 43.1 Å². The minimum atomic E-state index is -0.392. The number of benzene rings is 1. The molecule has 7 nitrogen and oxygen atoms in total. The van der Waals surface area contributed by atoms with Crippen molar-refractivity contribution < 1.29 is 4.79 Å². The molecule has 2 aromatic heterocycles. The van der Waals surface area contributed by atoms with Gasteiger partial charge < -0.3 is 15.5 Å². The second-order valence-corrected chi connectivity index (χ2v) is 8.39. The smallest absolute Gasteiger partial charge is 0.258 e. The molecule has 1 saturated heterocycles. The lowest BCUT2D eigenvalue weighted by molar-refractivity contribution is 0.102. The van der Waals surface area contributed by atoms with E-state index in [9.17, 15) is 4.79 Å². The number of carbonyl (C=O) groups is 1. The molecule has 2 N–H and O–H groups in total. The van der Waals surface area contributed by atoms with E-state index in [4.69, 9.17) is 23.2 Å². The van der Waals surface area contributed by atoms with Crippen LogP contribution in [0.4, 0.5) is 23.3 Å². The number of hydrogen-bond acceptors (Lipinski definition) is 6. The molecule has 1 aromatic carbocycles. The number of nitrogens with one attached hydrogen (secondary N) is 2. The van der Waals surface area contributed by atoms with Gasteiger partial charge in [0, 0.05) is 37.1 Å². The van der Waals surface area contributed by atoms with Crippen LogP contribution in [0.1, 0.15) is 42.2 Å². The highest BCUT2D eigenvalue weighted by molar-refractivity contribution is 6.40. The SMILES string of the molecule is CC(C)c1cc(Nc2cc(NC(=O)c3c(Cl)cccc3Cl)ccn2)nc(N2CCC2)n1. The first-order valence-corrected chi connectivity index (χ1v) is 10.8. The molecular weight excluding hydrogens is 435 g/mol. The van der Waals surface area contributed by atoms with Gasteiger partial charge in [-0.25, -0.2) is 9.97 Å². The average molecular weight is 457 g/mol. The number of hydrogen-bond donors (Lipinski definition) is 2. The van der Waals surface area contributed by atoms with Crippen LogP contribution in [0, 0.1) is 0 Å². The quantitative estimate of drug-likeness (QED) is 0.508. The van der Waals surface area contributed by atoms with Crippen LogP contribution in [-0.4, -0.2) is 33.9 Å². The van der Waals surface area contributed by atoms with Crippen LogP contribution in [0.3, 0.4) is 0 Å². The third kappa shape index (κ3) is 4.89. The largest absolute Gasteiger partial charge is 0.341 e. The molecule has 9 heteroatoms. The predicted molar refractivity (Wildman–Crippen MR) is 125 cm³/mol. The van der Waals surface area contributed by atoms with Gasteiger partial charge >= 0.3 is 0 Å². The molecule has 3 aromatic rings. The number of aromatic nitrogens is 3. The van der Waals surface area contributed by atoms with Crippen LogP contribution in [0.15, 0.2) is 42.6 Å². The molecule has 0 spiro atoms. The van der Waals surface area contributed by atoms with Crippen molar-refractivity contribution in [2.24, 2.45) is 0 Å². The van der Waals surface area contributed by atoms with Crippen molar-refractivity contribution in [2.45, 2.75) is 26.2 Å². The minimum absolute atomic E-state index is 0.230. The van der Waals surface area contributed by atoms with E-state index >= 15 is 0 Å². The van der Waals surface area contributed by atoms with Crippen LogP contribution >= 0.6 is 23.2 Å². The molecule has 4 rings (SSSR count). The van der Waals surface area contributed by atoms with Crippen molar-refractivity contribution in [3.8, 4) is 0 Å². The van der Waals surface area contributed by atoms with E-state index in [1.807, 2.05) is 6.07 Å². The Balaban J connectivity index is 1.55. The Labute approximate surface area is 190 Å². The Hall–Kier alpha value is -2.90. The predicted octanol–water partition coefficient (Wildman–Crippen LogP) is 5.51. The molecule has 0 aliphatic carbocycles. The van der Waals surface area contributed by atoms with Crippen molar-refractivity contribution in [1.82, 2.24) is 15.0 Å². The number of pyridine rings is 1. The molecule has 160 valence electrons. The average Bonchev–Trinajstić information content (AvgIpc) is 2.66. The van der Waals surface area contributed by atoms with Crippen molar-refractivity contribution in [2.75, 3.05) is 28.6 Å². The Morgan fingerprint density at radius 3 is 2.45 bits per heavy atom. The minimum Gasteiger partial charge on any atom is -0.341 e. The second kappa shape index (κ2) is 9.08. The Kier molecular flexibility index (Phi) is 6.25. The summed E-state index contributed by atoms with van der Waals surface area (Å²) in [6.45, 7) is 6.12. The van der Waals surface area contributed by atoms with Crippen molar-refractivity contribution in [3.63, 3.8) is 0 Å². The Morgan fingerprint density at radius 1 is 1.06 bits per heavy atom. The van der Waals surface area contributed by atoms with Gasteiger partial charge in [0.2, 0.25) is 5.95 Å². The number of carbonyl (C=O) groups excluding carboxylic acids is 1. The molecular formula is C22H22Cl2N6O. The zero-order valence-electron chi connectivity index (χ0n) is 17.2. The molecule has 1 amide bonds. The normalized spacial score (nSPS) is 13.1. The van der Waals surface area contributed by atoms with Crippen molar-refractivity contribution >= 4 is 52.4 Å². The topological polar surface area (TPSA) is 83.0 Å². The number of amides is 1. The third-order valence-electron chi connectivity index (χ3n) is 4.93. The molecule has 3 heterocycles. The van der Waals surface area contributed by atoms with E-state index in [2.05, 4.69) is 44.3 Å². The Bertz CT molecular complexity index is 1100. The van der Waals surface area contributed by atoms with Gasteiger partial charge in [0.1, 0.15) is 11.6 Å². The van der Waals surface area contributed by atoms with Crippen LogP contribution in [0.25, 0.3) is 0 Å². The lowest BCUT2D eigenvalue weighted by Gasteiger charge is -2.31. The first-order valence-electron chi connectivity index (χ1n) is 10.0. The molecule has 1 fully saturated rings. The number of rotatable bonds is 6. The molecule has 0 radical (unpaired) electrons. The van der Waals surface area contributed by atoms with E-state index < -0.39 is 5.91 Å². The number of halogens is 2. The summed E-state index contributed by atoms with van der Waals surface area (Å²) in [5.41, 5.74) is 1.74. The fourth-order valence-electron chi connectivity index (χ4n) is 3.09. The summed E-state index contributed by atoms with van der Waals surface area (Å²) in [5, 5.41) is 6.62. The fourth-order valence-corrected chi connectivity index (χ4v) is 3.66. The lowest BCUT2D eigenvalue weighted by Crippen LogP contribution is -2.38. The van der Waals surface area contributed by atoms with Gasteiger partial charge in [0.05, 0.1) is 21.3 Å². The molecule has 0 atom stereocenters. The van der Waals surface area contributed by atoms with E-state index in [0.29, 0.717) is 17.3 Å². The lowest BCUT2D eigenvalue weighted by atomic mass is 10.1. The van der Waals surface area contributed by atoms with Gasteiger partial charge in [-0.15, -0.1) is 0 Å². The van der Waals surface area contributed by atoms with Crippen LogP contribution < -0.4 is 15.5 Å². The second-order valence-electron chi connectivity index (χ2n) is 7.58. The van der Waals surface area contributed by atoms with Gasteiger partial charge in [-0.3, -0.25) is 4.79 Å². The first kappa shape index (κ1) is 21.3. The molecule has 1 aliphatic rings. The zero-order valence-corrected chi connectivity index (χ0v) is 18.7. The van der Waals surface area contributed by atoms with E-state index in [0.717, 1.165) is 31.2 Å². The number of nitrogens with zero attached hydrogens (tertiary/aromatic N) is 4. The fraction of sp³-hybridized carbons (Fsp3) is 0.273. The summed E-state index contributed by atoms with van der Waals surface area (Å²) < 4.78 is 0. The van der Waals surface area contributed by atoms with Crippen LogP contribution in [0.5, 0.6) is 0 Å². The van der Waals surface area contributed by atoms with E-state index in [-0.39, 0.29) is 21.5 Å². The molecule has 0 unspecified atom stereocenters. The molecule has 31 heavy (non-hydrogen) atoms. The van der Waals surface area contributed by atoms with E-state index in [1.165, 1.54) is 0 Å². The maximum atomic E-state index is 12.7. The maximum absolute atomic E-state index is 12.7. The van der Waals surface area contributed by atoms with Gasteiger partial charge in [-0.05, 0) is 30.5 Å². The molecule has 0 bridgehead atoms. The van der Waals surface area contributed by atoms with Gasteiger partial charge in [0.25, 0.3) is 5.91 Å². The highest BCUT2D eigenvalue weighted by atomic mass is 35.5. The first-order chi connectivity index (χ1) is 14.9. The van der Waals surface area contributed by atoms with Gasteiger partial charge in [-0.2, -0.15) is 4.98 Å². The summed E-state index contributed by atoms with van der Waals surface area (Å²) in [6.07, 6.45) is 2.75. The van der Waals surface area contributed by atoms with Crippen molar-refractivity contribution in [1.29, 1.82) is 0 Å². The highest BCUT2D eigenvalue weighted by Crippen LogP contribution is 2.27. The van der Waals surface area contributed by atoms with Crippen molar-refractivity contribution in [3.05, 3.63) is 63.9 Å². The van der Waals surface area contributed by atoms with Crippen LogP contribution in [0.2, 0.25) is 10.0 Å². The van der Waals surface area contributed by atoms with Crippen LogP contribution in [-0.2, 0) is 0 Å². The zero-order chi connectivity index (χ0) is 22.0. The molecule has 0 saturated carbocycles. The highest BCUT2D eigenvalue weighted by Gasteiger charge is 2.20. The summed E-state index contributed by atoms with van der Waals surface area (Å²) in [4.78, 5) is 28.5. The van der Waals surface area contributed by atoms with Gasteiger partial charge in [0.15, 0.2) is 0 Å². The monoisotopic (exact) mass is 456 g/mol. The third-order valence-corrected chi connectivity index (χ3v) is 5.56. The number of anilines is 4.